The number of halogens is 2. The Morgan fingerprint density at radius 1 is 1.03 bits per heavy atom. The number of aromatic hydroxyl groups is 1. The van der Waals surface area contributed by atoms with Crippen molar-refractivity contribution in [2.75, 3.05) is 19.5 Å². The number of anilines is 1. The van der Waals surface area contributed by atoms with Crippen molar-refractivity contribution in [3.8, 4) is 17.2 Å². The summed E-state index contributed by atoms with van der Waals surface area (Å²) in [5, 5.41) is 13.1. The fourth-order valence-electron chi connectivity index (χ4n) is 4.24. The Hall–Kier alpha value is -3.58. The van der Waals surface area contributed by atoms with E-state index in [1.807, 2.05) is 37.3 Å². The molecule has 1 amide bonds. The summed E-state index contributed by atoms with van der Waals surface area (Å²) in [5.41, 5.74) is 5.84. The molecular weight excluding hydrogens is 513 g/mol. The van der Waals surface area contributed by atoms with E-state index in [2.05, 4.69) is 21.2 Å². The van der Waals surface area contributed by atoms with E-state index in [4.69, 9.17) is 9.47 Å². The number of benzene rings is 3. The van der Waals surface area contributed by atoms with Gasteiger partial charge in [0.05, 0.1) is 20.6 Å². The predicted octanol–water partition coefficient (Wildman–Crippen LogP) is 6.75. The molecule has 0 aliphatic heterocycles. The molecule has 2 N–H and O–H groups in total. The third-order valence-corrected chi connectivity index (χ3v) is 6.53. The number of rotatable bonds is 7. The molecule has 1 aliphatic rings. The molecule has 35 heavy (non-hydrogen) atoms. The highest BCUT2D eigenvalue weighted by Gasteiger charge is 2.26. The molecular formula is C28H25BrFNO4. The van der Waals surface area contributed by atoms with E-state index >= 15 is 0 Å². The molecule has 4 rings (SSSR count). The van der Waals surface area contributed by atoms with E-state index < -0.39 is 0 Å². The molecule has 5 nitrogen and oxygen atoms in total. The van der Waals surface area contributed by atoms with Gasteiger partial charge in [0.25, 0.3) is 0 Å². The van der Waals surface area contributed by atoms with Gasteiger partial charge in [-0.05, 0) is 95.3 Å². The van der Waals surface area contributed by atoms with Crippen LogP contribution >= 0.6 is 15.9 Å². The number of fused-ring (bicyclic) bond motifs is 1. The minimum atomic E-state index is -0.350. The van der Waals surface area contributed by atoms with Gasteiger partial charge in [-0.2, -0.15) is 0 Å². The average Bonchev–Trinajstić information content (AvgIpc) is 3.09. The first-order chi connectivity index (χ1) is 16.8. The smallest absolute Gasteiger partial charge is 0.228 e. The van der Waals surface area contributed by atoms with Crippen molar-refractivity contribution in [1.82, 2.24) is 0 Å². The van der Waals surface area contributed by atoms with Crippen molar-refractivity contribution < 1.29 is 23.8 Å². The first-order valence-electron chi connectivity index (χ1n) is 11.0. The Labute approximate surface area is 212 Å². The summed E-state index contributed by atoms with van der Waals surface area (Å²) in [6.45, 7) is 1.95. The van der Waals surface area contributed by atoms with E-state index in [9.17, 15) is 14.3 Å². The number of nitrogens with one attached hydrogen (secondary N) is 1. The van der Waals surface area contributed by atoms with Crippen LogP contribution in [0.4, 0.5) is 10.1 Å². The highest BCUT2D eigenvalue weighted by molar-refractivity contribution is 9.10. The lowest BCUT2D eigenvalue weighted by Crippen LogP contribution is -2.12. The van der Waals surface area contributed by atoms with Crippen molar-refractivity contribution in [1.29, 1.82) is 0 Å². The quantitative estimate of drug-likeness (QED) is 0.349. The van der Waals surface area contributed by atoms with Gasteiger partial charge in [-0.25, -0.2) is 4.39 Å². The van der Waals surface area contributed by atoms with Gasteiger partial charge in [0.15, 0.2) is 11.5 Å². The Morgan fingerprint density at radius 2 is 1.69 bits per heavy atom. The van der Waals surface area contributed by atoms with Gasteiger partial charge < -0.3 is 19.9 Å². The number of hydrogen-bond donors (Lipinski definition) is 2. The lowest BCUT2D eigenvalue weighted by Gasteiger charge is -2.11. The lowest BCUT2D eigenvalue weighted by molar-refractivity contribution is -0.115. The second-order valence-corrected chi connectivity index (χ2v) is 9.11. The minimum Gasteiger partial charge on any atom is -0.502 e. The molecule has 7 heteroatoms. The zero-order chi connectivity index (χ0) is 25.1. The molecule has 0 radical (unpaired) electrons. The van der Waals surface area contributed by atoms with Crippen LogP contribution in [0.1, 0.15) is 30.0 Å². The second kappa shape index (κ2) is 10.4. The van der Waals surface area contributed by atoms with Crippen LogP contribution < -0.4 is 14.8 Å². The molecule has 0 saturated heterocycles. The topological polar surface area (TPSA) is 67.8 Å². The average molecular weight is 538 g/mol. The molecule has 0 spiro atoms. The molecule has 0 heterocycles. The maximum atomic E-state index is 14.2. The Kier molecular flexibility index (Phi) is 7.26. The molecule has 3 aromatic carbocycles. The van der Waals surface area contributed by atoms with Gasteiger partial charge in [0, 0.05) is 10.2 Å². The molecule has 1 aliphatic carbocycles. The van der Waals surface area contributed by atoms with Crippen LogP contribution in [-0.2, 0) is 11.2 Å². The zero-order valence-electron chi connectivity index (χ0n) is 19.6. The number of carbonyl (C=O) groups excluding carboxylic acids is 1. The third kappa shape index (κ3) is 5.25. The van der Waals surface area contributed by atoms with E-state index in [1.54, 1.807) is 18.2 Å². The molecule has 0 bridgehead atoms. The van der Waals surface area contributed by atoms with E-state index in [0.717, 1.165) is 37.9 Å². The molecule has 180 valence electrons. The third-order valence-electron chi connectivity index (χ3n) is 6.00. The van der Waals surface area contributed by atoms with Crippen molar-refractivity contribution in [2.24, 2.45) is 0 Å². The Bertz CT molecular complexity index is 1320. The Morgan fingerprint density at radius 3 is 2.31 bits per heavy atom. The Balaban J connectivity index is 1.64. The number of carbonyl (C=O) groups is 1. The summed E-state index contributed by atoms with van der Waals surface area (Å²) in [6.07, 6.45) is 2.68. The van der Waals surface area contributed by atoms with E-state index in [0.29, 0.717) is 23.6 Å². The number of ether oxygens (including phenoxy) is 2. The first kappa shape index (κ1) is 24.5. The van der Waals surface area contributed by atoms with E-state index in [-0.39, 0.29) is 23.9 Å². The van der Waals surface area contributed by atoms with Crippen LogP contribution in [0, 0.1) is 5.82 Å². The van der Waals surface area contributed by atoms with Crippen LogP contribution in [0.25, 0.3) is 11.1 Å². The molecule has 0 fully saturated rings. The summed E-state index contributed by atoms with van der Waals surface area (Å²) in [6, 6.07) is 15.5. The number of phenols is 1. The molecule has 0 atom stereocenters. The predicted molar refractivity (Wildman–Crippen MR) is 139 cm³/mol. The summed E-state index contributed by atoms with van der Waals surface area (Å²) < 4.78 is 25.6. The summed E-state index contributed by atoms with van der Waals surface area (Å²) in [7, 11) is 2.97. The van der Waals surface area contributed by atoms with Crippen LogP contribution in [0.2, 0.25) is 0 Å². The summed E-state index contributed by atoms with van der Waals surface area (Å²) >= 11 is 3.38. The zero-order valence-corrected chi connectivity index (χ0v) is 21.2. The van der Waals surface area contributed by atoms with Crippen LogP contribution in [0.3, 0.4) is 0 Å². The minimum absolute atomic E-state index is 0.0526. The largest absolute Gasteiger partial charge is 0.502 e. The van der Waals surface area contributed by atoms with Gasteiger partial charge in [-0.1, -0.05) is 28.1 Å². The maximum Gasteiger partial charge on any atom is 0.228 e. The SMILES string of the molecule is COc1cc(C/C=C2/C(C)=C(CC(=O)Nc3ccc(Br)cc3)c3cc(F)ccc32)cc(OC)c1O. The second-order valence-electron chi connectivity index (χ2n) is 8.20. The molecule has 0 saturated carbocycles. The van der Waals surface area contributed by atoms with Crippen LogP contribution in [0.15, 0.2) is 70.7 Å². The van der Waals surface area contributed by atoms with Crippen LogP contribution in [0.5, 0.6) is 17.2 Å². The van der Waals surface area contributed by atoms with Crippen molar-refractivity contribution in [3.63, 3.8) is 0 Å². The number of phenolic OH excluding ortho intramolecular Hbond substituents is 1. The van der Waals surface area contributed by atoms with Gasteiger partial charge in [-0.3, -0.25) is 4.79 Å². The van der Waals surface area contributed by atoms with Gasteiger partial charge in [-0.15, -0.1) is 0 Å². The number of amides is 1. The normalized spacial score (nSPS) is 13.7. The standard InChI is InChI=1S/C28H25BrFNO4/c1-16-21(10-4-17-12-25(34-2)28(33)26(13-17)35-3)22-11-7-19(30)14-24(22)23(16)15-27(32)31-20-8-5-18(29)6-9-20/h5-14,33H,4,15H2,1-3H3,(H,31,32)/b21-10-. The lowest BCUT2D eigenvalue weighted by atomic mass is 10.00. The van der Waals surface area contributed by atoms with Gasteiger partial charge >= 0.3 is 0 Å². The highest BCUT2D eigenvalue weighted by atomic mass is 79.9. The first-order valence-corrected chi connectivity index (χ1v) is 11.8. The van der Waals surface area contributed by atoms with Crippen molar-refractivity contribution >= 4 is 38.7 Å². The highest BCUT2D eigenvalue weighted by Crippen LogP contribution is 2.44. The monoisotopic (exact) mass is 537 g/mol. The summed E-state index contributed by atoms with van der Waals surface area (Å²) in [4.78, 5) is 12.8. The van der Waals surface area contributed by atoms with Crippen molar-refractivity contribution in [2.45, 2.75) is 19.8 Å². The molecule has 0 unspecified atom stereocenters. The number of hydrogen-bond acceptors (Lipinski definition) is 4. The fraction of sp³-hybridized carbons (Fsp3) is 0.179. The van der Waals surface area contributed by atoms with Gasteiger partial charge in [0.1, 0.15) is 5.82 Å². The molecule has 0 aromatic heterocycles. The maximum absolute atomic E-state index is 14.2. The number of allylic oxidation sites excluding steroid dienone is 3. The van der Waals surface area contributed by atoms with E-state index in [1.165, 1.54) is 26.4 Å². The summed E-state index contributed by atoms with van der Waals surface area (Å²) in [5.74, 6) is 0.0689. The van der Waals surface area contributed by atoms with Crippen LogP contribution in [-0.4, -0.2) is 25.2 Å². The number of methoxy groups -OCH3 is 2. The molecule has 3 aromatic rings. The van der Waals surface area contributed by atoms with Gasteiger partial charge in [0.2, 0.25) is 11.7 Å². The van der Waals surface area contributed by atoms with Crippen molar-refractivity contribution in [3.05, 3.63) is 93.2 Å². The fourth-order valence-corrected chi connectivity index (χ4v) is 4.51.